The van der Waals surface area contributed by atoms with Crippen LogP contribution in [0.4, 0.5) is 0 Å². The molecule has 3 aliphatic heterocycles. The summed E-state index contributed by atoms with van der Waals surface area (Å²) in [5.41, 5.74) is 1.74. The number of nitrogens with zero attached hydrogens (tertiary/aromatic N) is 2. The third-order valence-corrected chi connectivity index (χ3v) is 6.88. The van der Waals surface area contributed by atoms with Gasteiger partial charge < -0.3 is 19.1 Å². The van der Waals surface area contributed by atoms with Crippen molar-refractivity contribution in [2.24, 2.45) is 5.92 Å². The number of rotatable bonds is 3. The minimum atomic E-state index is -0.308. The molecule has 2 saturated heterocycles. The van der Waals surface area contributed by atoms with Crippen molar-refractivity contribution < 1.29 is 19.0 Å². The molecule has 1 aromatic heterocycles. The van der Waals surface area contributed by atoms with Gasteiger partial charge in [0.1, 0.15) is 5.60 Å². The predicted octanol–water partition coefficient (Wildman–Crippen LogP) is 3.55. The topological polar surface area (TPSA) is 60.9 Å². The average Bonchev–Trinajstić information content (AvgIpc) is 2.80. The number of para-hydroxylation sites is 1. The number of aromatic nitrogens is 1. The highest BCUT2D eigenvalue weighted by atomic mass is 16.5. The first-order valence-electron chi connectivity index (χ1n) is 10.8. The van der Waals surface area contributed by atoms with Gasteiger partial charge >= 0.3 is 0 Å². The highest BCUT2D eigenvalue weighted by Crippen LogP contribution is 2.55. The van der Waals surface area contributed by atoms with Crippen molar-refractivity contribution in [1.29, 1.82) is 0 Å². The molecule has 6 nitrogen and oxygen atoms in total. The Bertz CT molecular complexity index is 909. The normalized spacial score (nSPS) is 24.5. The number of ether oxygens (including phenoxy) is 3. The van der Waals surface area contributed by atoms with E-state index in [0.717, 1.165) is 54.9 Å². The van der Waals surface area contributed by atoms with Crippen LogP contribution in [0.3, 0.4) is 0 Å². The van der Waals surface area contributed by atoms with Crippen LogP contribution in [0.2, 0.25) is 0 Å². The Labute approximate surface area is 177 Å². The Balaban J connectivity index is 1.36. The van der Waals surface area contributed by atoms with Gasteiger partial charge in [0.15, 0.2) is 11.5 Å². The van der Waals surface area contributed by atoms with E-state index in [-0.39, 0.29) is 17.6 Å². The first-order chi connectivity index (χ1) is 14.7. The number of carbonyl (C=O) groups is 1. The van der Waals surface area contributed by atoms with Crippen LogP contribution >= 0.6 is 0 Å². The Morgan fingerprint density at radius 3 is 2.90 bits per heavy atom. The lowest BCUT2D eigenvalue weighted by Gasteiger charge is -2.53. The molecule has 0 bridgehead atoms. The van der Waals surface area contributed by atoms with Crippen LogP contribution in [0.15, 0.2) is 42.7 Å². The molecule has 2 aromatic rings. The Kier molecular flexibility index (Phi) is 5.11. The molecule has 6 heteroatoms. The fourth-order valence-corrected chi connectivity index (χ4v) is 5.33. The molecule has 0 saturated carbocycles. The van der Waals surface area contributed by atoms with Crippen molar-refractivity contribution in [1.82, 2.24) is 9.88 Å². The lowest BCUT2D eigenvalue weighted by atomic mass is 9.70. The van der Waals surface area contributed by atoms with Crippen LogP contribution < -0.4 is 9.47 Å². The van der Waals surface area contributed by atoms with Crippen molar-refractivity contribution in [2.75, 3.05) is 26.8 Å². The molecule has 2 fully saturated rings. The van der Waals surface area contributed by atoms with Gasteiger partial charge in [0.25, 0.3) is 0 Å². The number of amides is 1. The van der Waals surface area contributed by atoms with Crippen LogP contribution in [0.5, 0.6) is 11.5 Å². The largest absolute Gasteiger partial charge is 0.493 e. The Hall–Kier alpha value is -2.60. The number of benzene rings is 1. The molecule has 1 aromatic carbocycles. The van der Waals surface area contributed by atoms with Gasteiger partial charge in [-0.3, -0.25) is 9.78 Å². The Morgan fingerprint density at radius 2 is 2.13 bits per heavy atom. The van der Waals surface area contributed by atoms with Gasteiger partial charge in [0.05, 0.1) is 19.6 Å². The number of hydrogen-bond donors (Lipinski definition) is 0. The minimum absolute atomic E-state index is 0.0373. The molecular formula is C24H28N2O4. The van der Waals surface area contributed by atoms with Gasteiger partial charge in [-0.1, -0.05) is 18.2 Å². The molecule has 30 heavy (non-hydrogen) atoms. The van der Waals surface area contributed by atoms with E-state index >= 15 is 0 Å². The zero-order chi connectivity index (χ0) is 20.6. The monoisotopic (exact) mass is 408 g/mol. The highest BCUT2D eigenvalue weighted by molar-refractivity contribution is 5.78. The SMILES string of the molecule is COc1cccc2c1OC1(CCN(C(=O)Cc3cccnc3)CC1)[C@H]1CCCO[C@H]21. The summed E-state index contributed by atoms with van der Waals surface area (Å²) in [4.78, 5) is 18.9. The maximum Gasteiger partial charge on any atom is 0.227 e. The van der Waals surface area contributed by atoms with E-state index in [1.807, 2.05) is 29.2 Å². The molecule has 158 valence electrons. The molecule has 1 amide bonds. The van der Waals surface area contributed by atoms with E-state index < -0.39 is 0 Å². The van der Waals surface area contributed by atoms with E-state index in [0.29, 0.717) is 25.4 Å². The molecule has 3 aliphatic rings. The number of piperidine rings is 1. The smallest absolute Gasteiger partial charge is 0.227 e. The summed E-state index contributed by atoms with van der Waals surface area (Å²) in [6, 6.07) is 9.88. The summed E-state index contributed by atoms with van der Waals surface area (Å²) in [6.07, 6.45) is 7.69. The van der Waals surface area contributed by atoms with Crippen LogP contribution in [-0.4, -0.2) is 48.2 Å². The fourth-order valence-electron chi connectivity index (χ4n) is 5.33. The van der Waals surface area contributed by atoms with Crippen molar-refractivity contribution >= 4 is 5.91 Å². The van der Waals surface area contributed by atoms with Gasteiger partial charge in [-0.15, -0.1) is 0 Å². The third-order valence-electron chi connectivity index (χ3n) is 6.88. The molecule has 0 radical (unpaired) electrons. The summed E-state index contributed by atoms with van der Waals surface area (Å²) >= 11 is 0. The lowest BCUT2D eigenvalue weighted by Crippen LogP contribution is -2.58. The number of fused-ring (bicyclic) bond motifs is 4. The molecule has 0 N–H and O–H groups in total. The summed E-state index contributed by atoms with van der Waals surface area (Å²) in [5.74, 6) is 2.04. The van der Waals surface area contributed by atoms with Crippen molar-refractivity contribution in [3.63, 3.8) is 0 Å². The molecule has 1 spiro atoms. The summed E-state index contributed by atoms with van der Waals surface area (Å²) < 4.78 is 18.6. The number of hydrogen-bond acceptors (Lipinski definition) is 5. The zero-order valence-electron chi connectivity index (χ0n) is 17.4. The number of carbonyl (C=O) groups excluding carboxylic acids is 1. The van der Waals surface area contributed by atoms with Gasteiger partial charge in [-0.2, -0.15) is 0 Å². The first-order valence-corrected chi connectivity index (χ1v) is 10.8. The first kappa shape index (κ1) is 19.4. The molecular weight excluding hydrogens is 380 g/mol. The van der Waals surface area contributed by atoms with Crippen LogP contribution in [0.25, 0.3) is 0 Å². The minimum Gasteiger partial charge on any atom is -0.493 e. The van der Waals surface area contributed by atoms with Gasteiger partial charge in [-0.25, -0.2) is 0 Å². The predicted molar refractivity (Wildman–Crippen MR) is 112 cm³/mol. The van der Waals surface area contributed by atoms with Crippen LogP contribution in [-0.2, 0) is 16.0 Å². The number of methoxy groups -OCH3 is 1. The summed E-state index contributed by atoms with van der Waals surface area (Å²) in [7, 11) is 1.68. The highest BCUT2D eigenvalue weighted by Gasteiger charge is 2.53. The fraction of sp³-hybridized carbons (Fsp3) is 0.500. The quantitative estimate of drug-likeness (QED) is 0.777. The van der Waals surface area contributed by atoms with E-state index in [9.17, 15) is 4.79 Å². The average molecular weight is 408 g/mol. The standard InChI is InChI=1S/C24H28N2O4/c1-28-20-8-2-6-18-22-19(7-4-14-29-22)24(30-23(18)20)9-12-26(13-10-24)21(27)15-17-5-3-11-25-16-17/h2-3,5-6,8,11,16,19,22H,4,7,9-10,12-15H2,1H3/t19-,22+/m0/s1. The molecule has 0 unspecified atom stereocenters. The van der Waals surface area contributed by atoms with Crippen molar-refractivity contribution in [3.05, 3.63) is 53.9 Å². The molecule has 2 atom stereocenters. The second kappa shape index (κ2) is 7.91. The third kappa shape index (κ3) is 3.33. The molecule has 4 heterocycles. The van der Waals surface area contributed by atoms with E-state index in [4.69, 9.17) is 14.2 Å². The second-order valence-electron chi connectivity index (χ2n) is 8.50. The zero-order valence-corrected chi connectivity index (χ0v) is 17.4. The molecule has 0 aliphatic carbocycles. The van der Waals surface area contributed by atoms with Crippen LogP contribution in [0, 0.1) is 5.92 Å². The molecule has 5 rings (SSSR count). The Morgan fingerprint density at radius 1 is 1.27 bits per heavy atom. The number of pyridine rings is 1. The van der Waals surface area contributed by atoms with Crippen LogP contribution in [0.1, 0.15) is 42.9 Å². The van der Waals surface area contributed by atoms with E-state index in [1.165, 1.54) is 0 Å². The maximum absolute atomic E-state index is 12.8. The van der Waals surface area contributed by atoms with Gasteiger partial charge in [0, 0.05) is 56.4 Å². The van der Waals surface area contributed by atoms with Crippen molar-refractivity contribution in [2.45, 2.75) is 43.8 Å². The van der Waals surface area contributed by atoms with Crippen molar-refractivity contribution in [3.8, 4) is 11.5 Å². The van der Waals surface area contributed by atoms with Gasteiger partial charge in [0.2, 0.25) is 5.91 Å². The maximum atomic E-state index is 12.8. The summed E-state index contributed by atoms with van der Waals surface area (Å²) in [6.45, 7) is 2.18. The lowest BCUT2D eigenvalue weighted by molar-refractivity contribution is -0.157. The van der Waals surface area contributed by atoms with E-state index in [2.05, 4.69) is 11.1 Å². The van der Waals surface area contributed by atoms with E-state index in [1.54, 1.807) is 19.5 Å². The number of likely N-dealkylation sites (tertiary alicyclic amines) is 1. The summed E-state index contributed by atoms with van der Waals surface area (Å²) in [5, 5.41) is 0. The van der Waals surface area contributed by atoms with Gasteiger partial charge in [-0.05, 0) is 30.5 Å². The second-order valence-corrected chi connectivity index (χ2v) is 8.50.